The SMILES string of the molecule is CC[C@@H](NC(=O)c1ccc(Cl)c(S(=O)(=O)N2CCOCC2)c1)C12CC3CC(CC(C3)C1)C2. The van der Waals surface area contributed by atoms with E-state index in [0.29, 0.717) is 31.9 Å². The first-order valence-electron chi connectivity index (χ1n) is 12.0. The number of ether oxygens (including phenoxy) is 1. The van der Waals surface area contributed by atoms with Crippen LogP contribution in [0.25, 0.3) is 0 Å². The topological polar surface area (TPSA) is 75.7 Å². The molecule has 0 radical (unpaired) electrons. The number of hydrogen-bond acceptors (Lipinski definition) is 4. The Morgan fingerprint density at radius 3 is 2.31 bits per heavy atom. The molecule has 1 amide bonds. The van der Waals surface area contributed by atoms with Gasteiger partial charge in [0, 0.05) is 24.7 Å². The molecular formula is C24H33ClN2O4S. The Kier molecular flexibility index (Phi) is 6.06. The van der Waals surface area contributed by atoms with Gasteiger partial charge in [0.05, 0.1) is 18.2 Å². The smallest absolute Gasteiger partial charge is 0.251 e. The Hall–Kier alpha value is -1.15. The molecule has 176 valence electrons. The summed E-state index contributed by atoms with van der Waals surface area (Å²) in [6, 6.07) is 4.71. The Morgan fingerprint density at radius 1 is 1.16 bits per heavy atom. The van der Waals surface area contributed by atoms with Crippen molar-refractivity contribution in [3.05, 3.63) is 28.8 Å². The highest BCUT2D eigenvalue weighted by Gasteiger charge is 2.54. The lowest BCUT2D eigenvalue weighted by molar-refractivity contribution is -0.0727. The maximum absolute atomic E-state index is 13.3. The standard InChI is InChI=1S/C24H33ClN2O4S/c1-2-22(24-13-16-9-17(14-24)11-18(10-16)15-24)26-23(28)19-3-4-20(25)21(12-19)32(29,30)27-5-7-31-8-6-27/h3-4,12,16-18,22H,2,5-11,13-15H2,1H3,(H,26,28)/t16?,17?,18?,22-,24?/m1/s1. The number of nitrogens with zero attached hydrogens (tertiary/aromatic N) is 1. The van der Waals surface area contributed by atoms with Gasteiger partial charge in [0.1, 0.15) is 4.90 Å². The summed E-state index contributed by atoms with van der Waals surface area (Å²) in [4.78, 5) is 13.3. The van der Waals surface area contributed by atoms with E-state index in [1.54, 1.807) is 6.07 Å². The van der Waals surface area contributed by atoms with Gasteiger partial charge in [0.25, 0.3) is 5.91 Å². The van der Waals surface area contributed by atoms with Crippen molar-refractivity contribution in [3.8, 4) is 0 Å². The van der Waals surface area contributed by atoms with Gasteiger partial charge in [-0.2, -0.15) is 4.31 Å². The molecule has 1 aromatic carbocycles. The molecule has 0 spiro atoms. The van der Waals surface area contributed by atoms with Gasteiger partial charge in [-0.25, -0.2) is 8.42 Å². The number of hydrogen-bond donors (Lipinski definition) is 1. The van der Waals surface area contributed by atoms with E-state index < -0.39 is 10.0 Å². The number of carbonyl (C=O) groups is 1. The average molecular weight is 481 g/mol. The minimum atomic E-state index is -3.78. The molecule has 6 rings (SSSR count). The van der Waals surface area contributed by atoms with Crippen molar-refractivity contribution in [2.75, 3.05) is 26.3 Å². The van der Waals surface area contributed by atoms with Crippen LogP contribution in [0.2, 0.25) is 5.02 Å². The van der Waals surface area contributed by atoms with Crippen LogP contribution in [0, 0.1) is 23.2 Å². The number of rotatable bonds is 6. The summed E-state index contributed by atoms with van der Waals surface area (Å²) < 4.78 is 32.9. The van der Waals surface area contributed by atoms with E-state index >= 15 is 0 Å². The van der Waals surface area contributed by atoms with Crippen LogP contribution in [0.3, 0.4) is 0 Å². The molecule has 1 atom stereocenters. The Bertz CT molecular complexity index is 954. The van der Waals surface area contributed by atoms with Crippen LogP contribution in [0.4, 0.5) is 0 Å². The molecule has 1 heterocycles. The van der Waals surface area contributed by atoms with Gasteiger partial charge in [-0.05, 0) is 86.3 Å². The second-order valence-electron chi connectivity index (χ2n) is 10.4. The first-order valence-corrected chi connectivity index (χ1v) is 13.8. The van der Waals surface area contributed by atoms with Crippen LogP contribution >= 0.6 is 11.6 Å². The second kappa shape index (κ2) is 8.57. The second-order valence-corrected chi connectivity index (χ2v) is 12.7. The summed E-state index contributed by atoms with van der Waals surface area (Å²) in [6.45, 7) is 3.46. The lowest BCUT2D eigenvalue weighted by Gasteiger charge is -2.59. The molecule has 4 saturated carbocycles. The molecule has 8 heteroatoms. The maximum atomic E-state index is 13.3. The Labute approximate surface area is 196 Å². The van der Waals surface area contributed by atoms with Crippen LogP contribution in [0.5, 0.6) is 0 Å². The third-order valence-electron chi connectivity index (χ3n) is 8.32. The van der Waals surface area contributed by atoms with E-state index in [-0.39, 0.29) is 27.3 Å². The van der Waals surface area contributed by atoms with Crippen molar-refractivity contribution < 1.29 is 17.9 Å². The number of benzene rings is 1. The highest BCUT2D eigenvalue weighted by Crippen LogP contribution is 2.61. The highest BCUT2D eigenvalue weighted by molar-refractivity contribution is 7.89. The van der Waals surface area contributed by atoms with E-state index in [0.717, 1.165) is 24.2 Å². The van der Waals surface area contributed by atoms with Crippen molar-refractivity contribution >= 4 is 27.5 Å². The largest absolute Gasteiger partial charge is 0.379 e. The van der Waals surface area contributed by atoms with Gasteiger partial charge in [0.2, 0.25) is 10.0 Å². The van der Waals surface area contributed by atoms with E-state index in [1.165, 1.54) is 55.0 Å². The molecule has 4 bridgehead atoms. The maximum Gasteiger partial charge on any atom is 0.251 e. The molecule has 1 aromatic rings. The van der Waals surface area contributed by atoms with Crippen LogP contribution < -0.4 is 5.32 Å². The van der Waals surface area contributed by atoms with Gasteiger partial charge in [-0.3, -0.25) is 4.79 Å². The zero-order chi connectivity index (χ0) is 22.5. The van der Waals surface area contributed by atoms with Crippen LogP contribution in [0.1, 0.15) is 62.2 Å². The Balaban J connectivity index is 1.37. The fourth-order valence-corrected chi connectivity index (χ4v) is 9.21. The molecule has 6 nitrogen and oxygen atoms in total. The molecule has 0 aromatic heterocycles. The number of carbonyl (C=O) groups excluding carboxylic acids is 1. The molecule has 0 unspecified atom stereocenters. The summed E-state index contributed by atoms with van der Waals surface area (Å²) in [5, 5.41) is 3.45. The minimum absolute atomic E-state index is 0.00318. The molecule has 5 fully saturated rings. The number of nitrogens with one attached hydrogen (secondary N) is 1. The Morgan fingerprint density at radius 2 is 1.75 bits per heavy atom. The number of amides is 1. The molecule has 1 aliphatic heterocycles. The third kappa shape index (κ3) is 3.99. The van der Waals surface area contributed by atoms with E-state index in [4.69, 9.17) is 16.3 Å². The van der Waals surface area contributed by atoms with Crippen molar-refractivity contribution in [3.63, 3.8) is 0 Å². The van der Waals surface area contributed by atoms with Gasteiger partial charge in [-0.15, -0.1) is 0 Å². The van der Waals surface area contributed by atoms with Crippen molar-refractivity contribution in [1.29, 1.82) is 0 Å². The molecule has 32 heavy (non-hydrogen) atoms. The van der Waals surface area contributed by atoms with Gasteiger partial charge < -0.3 is 10.1 Å². The molecule has 1 N–H and O–H groups in total. The monoisotopic (exact) mass is 480 g/mol. The first kappa shape index (κ1) is 22.6. The third-order valence-corrected chi connectivity index (χ3v) is 10.7. The summed E-state index contributed by atoms with van der Waals surface area (Å²) in [5.74, 6) is 2.23. The van der Waals surface area contributed by atoms with Crippen molar-refractivity contribution in [2.45, 2.75) is 62.8 Å². The molecule has 5 aliphatic rings. The van der Waals surface area contributed by atoms with E-state index in [9.17, 15) is 13.2 Å². The number of sulfonamides is 1. The summed E-state index contributed by atoms with van der Waals surface area (Å²) in [5.41, 5.74) is 0.554. The molecular weight excluding hydrogens is 448 g/mol. The van der Waals surface area contributed by atoms with Crippen molar-refractivity contribution in [1.82, 2.24) is 9.62 Å². The molecule has 4 aliphatic carbocycles. The molecule has 1 saturated heterocycles. The van der Waals surface area contributed by atoms with Crippen molar-refractivity contribution in [2.24, 2.45) is 23.2 Å². The predicted octanol–water partition coefficient (Wildman–Crippen LogP) is 4.09. The van der Waals surface area contributed by atoms with Crippen LogP contribution in [-0.4, -0.2) is 51.0 Å². The lowest BCUT2D eigenvalue weighted by atomic mass is 9.47. The minimum Gasteiger partial charge on any atom is -0.379 e. The normalized spacial score (nSPS) is 33.2. The summed E-state index contributed by atoms with van der Waals surface area (Å²) in [7, 11) is -3.78. The number of morpholine rings is 1. The number of halogens is 1. The van der Waals surface area contributed by atoms with Gasteiger partial charge in [0.15, 0.2) is 0 Å². The quantitative estimate of drug-likeness (QED) is 0.665. The zero-order valence-corrected chi connectivity index (χ0v) is 20.3. The first-order chi connectivity index (χ1) is 15.3. The lowest BCUT2D eigenvalue weighted by Crippen LogP contribution is -2.56. The summed E-state index contributed by atoms with van der Waals surface area (Å²) in [6.07, 6.45) is 8.64. The van der Waals surface area contributed by atoms with Gasteiger partial charge in [-0.1, -0.05) is 18.5 Å². The zero-order valence-electron chi connectivity index (χ0n) is 18.7. The fraction of sp³-hybridized carbons (Fsp3) is 0.708. The van der Waals surface area contributed by atoms with Gasteiger partial charge >= 0.3 is 0 Å². The average Bonchev–Trinajstić information content (AvgIpc) is 2.77. The predicted molar refractivity (Wildman–Crippen MR) is 123 cm³/mol. The van der Waals surface area contributed by atoms with Crippen LogP contribution in [0.15, 0.2) is 23.1 Å². The van der Waals surface area contributed by atoms with Crippen LogP contribution in [-0.2, 0) is 14.8 Å². The fourth-order valence-electron chi connectivity index (χ4n) is 7.30. The van der Waals surface area contributed by atoms with E-state index in [2.05, 4.69) is 12.2 Å². The summed E-state index contributed by atoms with van der Waals surface area (Å²) >= 11 is 6.28. The highest BCUT2D eigenvalue weighted by atomic mass is 35.5. The van der Waals surface area contributed by atoms with E-state index in [1.807, 2.05) is 0 Å².